The van der Waals surface area contributed by atoms with Crippen molar-refractivity contribution in [3.8, 4) is 0 Å². The van der Waals surface area contributed by atoms with Gasteiger partial charge in [-0.15, -0.1) is 0 Å². The Morgan fingerprint density at radius 2 is 1.83 bits per heavy atom. The molecule has 1 atom stereocenters. The molecule has 100 valence electrons. The third-order valence-corrected chi connectivity index (χ3v) is 4.38. The van der Waals surface area contributed by atoms with E-state index in [4.69, 9.17) is 5.73 Å². The van der Waals surface area contributed by atoms with E-state index < -0.39 is 5.54 Å². The molecule has 0 aromatic heterocycles. The van der Waals surface area contributed by atoms with Crippen molar-refractivity contribution in [1.82, 2.24) is 0 Å². The lowest BCUT2D eigenvalue weighted by molar-refractivity contribution is 0.296. The zero-order valence-corrected chi connectivity index (χ0v) is 11.7. The smallest absolute Gasteiger partial charge is 0.128 e. The second-order valence-electron chi connectivity index (χ2n) is 6.66. The molecule has 0 aliphatic heterocycles. The van der Waals surface area contributed by atoms with Crippen molar-refractivity contribution in [1.29, 1.82) is 0 Å². The molecule has 0 saturated heterocycles. The summed E-state index contributed by atoms with van der Waals surface area (Å²) in [6, 6.07) is 5.28. The first kappa shape index (κ1) is 13.5. The molecule has 2 rings (SSSR count). The fraction of sp³-hybridized carbons (Fsp3) is 0.625. The first-order valence-electron chi connectivity index (χ1n) is 6.88. The van der Waals surface area contributed by atoms with Gasteiger partial charge in [0.1, 0.15) is 5.82 Å². The Bertz CT molecular complexity index is 439. The van der Waals surface area contributed by atoms with E-state index in [2.05, 4.69) is 13.8 Å². The summed E-state index contributed by atoms with van der Waals surface area (Å²) in [5, 5.41) is 0. The van der Waals surface area contributed by atoms with Crippen LogP contribution in [0.5, 0.6) is 0 Å². The molecule has 0 amide bonds. The zero-order valence-electron chi connectivity index (χ0n) is 11.7. The number of benzene rings is 1. The van der Waals surface area contributed by atoms with Gasteiger partial charge in [0.15, 0.2) is 0 Å². The normalized spacial score (nSPS) is 27.8. The number of hydrogen-bond donors (Lipinski definition) is 1. The van der Waals surface area contributed by atoms with Crippen molar-refractivity contribution in [2.75, 3.05) is 0 Å². The summed E-state index contributed by atoms with van der Waals surface area (Å²) in [5.41, 5.74) is 8.18. The minimum Gasteiger partial charge on any atom is -0.321 e. The predicted molar refractivity (Wildman–Crippen MR) is 73.9 cm³/mol. The highest BCUT2D eigenvalue weighted by atomic mass is 19.1. The molecule has 0 radical (unpaired) electrons. The van der Waals surface area contributed by atoms with Gasteiger partial charge in [0, 0.05) is 11.1 Å². The molecule has 0 spiro atoms. The summed E-state index contributed by atoms with van der Waals surface area (Å²) < 4.78 is 14.0. The highest BCUT2D eigenvalue weighted by molar-refractivity contribution is 5.30. The molecule has 1 saturated carbocycles. The van der Waals surface area contributed by atoms with Crippen molar-refractivity contribution < 1.29 is 4.39 Å². The van der Waals surface area contributed by atoms with Gasteiger partial charge in [-0.25, -0.2) is 4.39 Å². The zero-order chi connectivity index (χ0) is 13.4. The highest BCUT2D eigenvalue weighted by Gasteiger charge is 2.35. The topological polar surface area (TPSA) is 26.0 Å². The van der Waals surface area contributed by atoms with Gasteiger partial charge in [-0.05, 0) is 44.1 Å². The van der Waals surface area contributed by atoms with Crippen molar-refractivity contribution in [2.24, 2.45) is 11.1 Å². The van der Waals surface area contributed by atoms with Crippen LogP contribution in [0.15, 0.2) is 18.2 Å². The molecule has 1 fully saturated rings. The number of aryl methyl sites for hydroxylation is 1. The van der Waals surface area contributed by atoms with Crippen LogP contribution in [0.25, 0.3) is 0 Å². The summed E-state index contributed by atoms with van der Waals surface area (Å²) in [4.78, 5) is 0. The molecule has 2 N–H and O–H groups in total. The van der Waals surface area contributed by atoms with Gasteiger partial charge >= 0.3 is 0 Å². The molecule has 1 nitrogen and oxygen atoms in total. The van der Waals surface area contributed by atoms with Crippen LogP contribution in [0.3, 0.4) is 0 Å². The quantitative estimate of drug-likeness (QED) is 0.739. The summed E-state index contributed by atoms with van der Waals surface area (Å²) in [6.45, 7) is 6.56. The van der Waals surface area contributed by atoms with E-state index in [9.17, 15) is 4.39 Å². The average Bonchev–Trinajstić information content (AvgIpc) is 2.42. The van der Waals surface area contributed by atoms with Gasteiger partial charge in [-0.1, -0.05) is 38.0 Å². The van der Waals surface area contributed by atoms with Crippen LogP contribution in [-0.2, 0) is 5.54 Å². The summed E-state index contributed by atoms with van der Waals surface area (Å²) >= 11 is 0. The van der Waals surface area contributed by atoms with E-state index in [0.29, 0.717) is 11.0 Å². The lowest BCUT2D eigenvalue weighted by atomic mass is 9.80. The minimum absolute atomic E-state index is 0.150. The second-order valence-corrected chi connectivity index (χ2v) is 6.66. The first-order valence-corrected chi connectivity index (χ1v) is 6.88. The Morgan fingerprint density at radius 3 is 2.56 bits per heavy atom. The maximum absolute atomic E-state index is 14.0. The van der Waals surface area contributed by atoms with Gasteiger partial charge in [-0.3, -0.25) is 0 Å². The van der Waals surface area contributed by atoms with Gasteiger partial charge in [0.05, 0.1) is 0 Å². The molecular weight excluding hydrogens is 225 g/mol. The van der Waals surface area contributed by atoms with Crippen LogP contribution >= 0.6 is 0 Å². The third kappa shape index (κ3) is 2.74. The fourth-order valence-corrected chi connectivity index (χ4v) is 2.98. The number of halogens is 1. The molecule has 2 heteroatoms. The standard InChI is InChI=1S/C16H24FN/c1-12-5-6-14(17)13(11-12)16(18)8-4-7-15(2,3)9-10-16/h5-6,11H,4,7-10,18H2,1-3H3. The van der Waals surface area contributed by atoms with Crippen LogP contribution in [0.1, 0.15) is 57.1 Å². The molecule has 1 aliphatic rings. The molecule has 18 heavy (non-hydrogen) atoms. The summed E-state index contributed by atoms with van der Waals surface area (Å²) in [6.07, 6.45) is 5.09. The van der Waals surface area contributed by atoms with E-state index in [0.717, 1.165) is 31.2 Å². The maximum atomic E-state index is 14.0. The Morgan fingerprint density at radius 1 is 1.11 bits per heavy atom. The van der Waals surface area contributed by atoms with E-state index in [1.807, 2.05) is 19.1 Å². The Hall–Kier alpha value is -0.890. The molecule has 0 heterocycles. The van der Waals surface area contributed by atoms with E-state index in [1.54, 1.807) is 6.07 Å². The minimum atomic E-state index is -0.482. The second kappa shape index (κ2) is 4.65. The van der Waals surface area contributed by atoms with Gasteiger partial charge in [0.2, 0.25) is 0 Å². The maximum Gasteiger partial charge on any atom is 0.128 e. The fourth-order valence-electron chi connectivity index (χ4n) is 2.98. The van der Waals surface area contributed by atoms with Crippen LogP contribution < -0.4 is 5.73 Å². The lowest BCUT2D eigenvalue weighted by Gasteiger charge is -2.30. The van der Waals surface area contributed by atoms with Crippen molar-refractivity contribution in [3.05, 3.63) is 35.1 Å². The summed E-state index contributed by atoms with van der Waals surface area (Å²) in [7, 11) is 0. The van der Waals surface area contributed by atoms with Crippen LogP contribution in [0.2, 0.25) is 0 Å². The summed E-state index contributed by atoms with van der Waals surface area (Å²) in [5.74, 6) is -0.150. The molecule has 1 unspecified atom stereocenters. The predicted octanol–water partition coefficient (Wildman–Crippen LogP) is 4.28. The van der Waals surface area contributed by atoms with Gasteiger partial charge in [0.25, 0.3) is 0 Å². The van der Waals surface area contributed by atoms with E-state index >= 15 is 0 Å². The van der Waals surface area contributed by atoms with Crippen LogP contribution in [0, 0.1) is 18.2 Å². The first-order chi connectivity index (χ1) is 8.32. The average molecular weight is 249 g/mol. The lowest BCUT2D eigenvalue weighted by Crippen LogP contribution is -2.37. The van der Waals surface area contributed by atoms with Crippen LogP contribution in [0.4, 0.5) is 4.39 Å². The number of nitrogens with two attached hydrogens (primary N) is 1. The Kier molecular flexibility index (Phi) is 3.50. The molecule has 1 aromatic rings. The molecule has 1 aliphatic carbocycles. The van der Waals surface area contributed by atoms with Gasteiger partial charge in [-0.2, -0.15) is 0 Å². The largest absolute Gasteiger partial charge is 0.321 e. The molecular formula is C16H24FN. The van der Waals surface area contributed by atoms with Crippen molar-refractivity contribution in [2.45, 2.75) is 58.4 Å². The number of rotatable bonds is 1. The molecule has 1 aromatic carbocycles. The van der Waals surface area contributed by atoms with E-state index in [1.165, 1.54) is 6.42 Å². The SMILES string of the molecule is Cc1ccc(F)c(C2(N)CCCC(C)(C)CC2)c1. The van der Waals surface area contributed by atoms with Crippen molar-refractivity contribution in [3.63, 3.8) is 0 Å². The third-order valence-electron chi connectivity index (χ3n) is 4.38. The van der Waals surface area contributed by atoms with Crippen molar-refractivity contribution >= 4 is 0 Å². The van der Waals surface area contributed by atoms with Crippen LogP contribution in [-0.4, -0.2) is 0 Å². The monoisotopic (exact) mass is 249 g/mol. The Balaban J connectivity index is 2.33. The Labute approximate surface area is 110 Å². The van der Waals surface area contributed by atoms with E-state index in [-0.39, 0.29) is 5.82 Å². The highest BCUT2D eigenvalue weighted by Crippen LogP contribution is 2.42. The number of hydrogen-bond acceptors (Lipinski definition) is 1. The van der Waals surface area contributed by atoms with Gasteiger partial charge < -0.3 is 5.73 Å². The molecule has 0 bridgehead atoms.